The number of hydrogen-bond acceptors (Lipinski definition) is 4. The number of rotatable bonds is 3. The van der Waals surface area contributed by atoms with Gasteiger partial charge >= 0.3 is 0 Å². The minimum absolute atomic E-state index is 0.212. The Balaban J connectivity index is 1.53. The topological polar surface area (TPSA) is 80.4 Å². The van der Waals surface area contributed by atoms with Crippen LogP contribution in [-0.4, -0.2) is 17.7 Å². The zero-order chi connectivity index (χ0) is 16.5. The van der Waals surface area contributed by atoms with Crippen molar-refractivity contribution in [2.24, 2.45) is 0 Å². The second kappa shape index (κ2) is 5.73. The van der Waals surface area contributed by atoms with E-state index < -0.39 is 0 Å². The predicted molar refractivity (Wildman–Crippen MR) is 88.3 cm³/mol. The number of fused-ring (bicyclic) bond motifs is 2. The third kappa shape index (κ3) is 2.58. The summed E-state index contributed by atoms with van der Waals surface area (Å²) in [4.78, 5) is 27.0. The summed E-state index contributed by atoms with van der Waals surface area (Å²) in [5, 5.41) is 4.08. The molecule has 1 aliphatic rings. The molecule has 2 N–H and O–H groups in total. The van der Waals surface area contributed by atoms with Crippen LogP contribution >= 0.6 is 0 Å². The van der Waals surface area contributed by atoms with Crippen molar-refractivity contribution in [2.75, 3.05) is 6.79 Å². The summed E-state index contributed by atoms with van der Waals surface area (Å²) in [7, 11) is 0. The third-order valence-electron chi connectivity index (χ3n) is 3.89. The lowest BCUT2D eigenvalue weighted by Gasteiger charge is -2.07. The smallest absolute Gasteiger partial charge is 0.268 e. The van der Waals surface area contributed by atoms with Gasteiger partial charge in [-0.15, -0.1) is 0 Å². The summed E-state index contributed by atoms with van der Waals surface area (Å²) < 4.78 is 10.6. The highest BCUT2D eigenvalue weighted by Crippen LogP contribution is 2.32. The van der Waals surface area contributed by atoms with Gasteiger partial charge in [0.2, 0.25) is 6.79 Å². The molecule has 6 nitrogen and oxygen atoms in total. The van der Waals surface area contributed by atoms with E-state index in [1.165, 1.54) is 0 Å². The number of hydrogen-bond donors (Lipinski definition) is 2. The van der Waals surface area contributed by atoms with Crippen molar-refractivity contribution in [1.29, 1.82) is 0 Å². The average molecular weight is 322 g/mol. The number of aromatic nitrogens is 1. The number of aromatic amines is 1. The normalized spacial score (nSPS) is 12.3. The average Bonchev–Trinajstić information content (AvgIpc) is 3.07. The lowest BCUT2D eigenvalue weighted by atomic mass is 10.1. The summed E-state index contributed by atoms with van der Waals surface area (Å²) in [6, 6.07) is 14.3. The highest BCUT2D eigenvalue weighted by atomic mass is 16.7. The Labute approximate surface area is 137 Å². The largest absolute Gasteiger partial charge is 0.454 e. The highest BCUT2D eigenvalue weighted by molar-refractivity contribution is 5.96. The minimum Gasteiger partial charge on any atom is -0.454 e. The summed E-state index contributed by atoms with van der Waals surface area (Å²) in [6.45, 7) is 0.536. The first kappa shape index (κ1) is 14.3. The van der Waals surface area contributed by atoms with Crippen molar-refractivity contribution in [1.82, 2.24) is 10.3 Å². The maximum Gasteiger partial charge on any atom is 0.268 e. The number of benzene rings is 2. The van der Waals surface area contributed by atoms with E-state index in [1.54, 1.807) is 24.3 Å². The quantitative estimate of drug-likeness (QED) is 0.774. The molecular weight excluding hydrogens is 308 g/mol. The van der Waals surface area contributed by atoms with Crippen molar-refractivity contribution >= 4 is 16.7 Å². The molecule has 3 aromatic rings. The van der Waals surface area contributed by atoms with Gasteiger partial charge in [0.25, 0.3) is 11.5 Å². The minimum atomic E-state index is -0.337. The fourth-order valence-electron chi connectivity index (χ4n) is 2.66. The van der Waals surface area contributed by atoms with Gasteiger partial charge in [-0.3, -0.25) is 9.59 Å². The Hall–Kier alpha value is -3.28. The molecule has 4 rings (SSSR count). The number of nitrogens with one attached hydrogen (secondary N) is 2. The van der Waals surface area contributed by atoms with E-state index in [0.717, 1.165) is 10.9 Å². The number of H-pyrrole nitrogens is 1. The Morgan fingerprint density at radius 2 is 1.92 bits per heavy atom. The highest BCUT2D eigenvalue weighted by Gasteiger charge is 2.14. The molecule has 0 spiro atoms. The summed E-state index contributed by atoms with van der Waals surface area (Å²) in [6.07, 6.45) is 0. The third-order valence-corrected chi connectivity index (χ3v) is 3.89. The summed E-state index contributed by atoms with van der Waals surface area (Å²) in [5.74, 6) is 1.03. The molecule has 0 radical (unpaired) electrons. The van der Waals surface area contributed by atoms with Gasteiger partial charge < -0.3 is 19.8 Å². The number of amides is 1. The van der Waals surface area contributed by atoms with Crippen LogP contribution in [0.5, 0.6) is 11.5 Å². The van der Waals surface area contributed by atoms with Crippen molar-refractivity contribution in [3.63, 3.8) is 0 Å². The van der Waals surface area contributed by atoms with Crippen LogP contribution in [0, 0.1) is 0 Å². The lowest BCUT2D eigenvalue weighted by Crippen LogP contribution is -2.26. The Bertz CT molecular complexity index is 994. The number of carbonyl (C=O) groups is 1. The number of pyridine rings is 1. The molecule has 2 aromatic carbocycles. The number of ether oxygens (including phenoxy) is 2. The van der Waals surface area contributed by atoms with Crippen LogP contribution in [0.15, 0.2) is 53.3 Å². The molecule has 1 aliphatic heterocycles. The molecule has 6 heteroatoms. The van der Waals surface area contributed by atoms with Crippen LogP contribution in [0.3, 0.4) is 0 Å². The van der Waals surface area contributed by atoms with Crippen LogP contribution in [-0.2, 0) is 6.54 Å². The molecule has 0 saturated heterocycles. The zero-order valence-corrected chi connectivity index (χ0v) is 12.7. The van der Waals surface area contributed by atoms with E-state index in [4.69, 9.17) is 9.47 Å². The SMILES string of the molecule is O=C(NCc1ccc2c(c1)OCO2)c1cc2ccccc2c(=O)[nH]1. The molecule has 0 bridgehead atoms. The molecule has 1 aromatic heterocycles. The van der Waals surface area contributed by atoms with Gasteiger partial charge in [0.05, 0.1) is 0 Å². The zero-order valence-electron chi connectivity index (χ0n) is 12.7. The molecule has 120 valence electrons. The van der Waals surface area contributed by atoms with Gasteiger partial charge in [0.15, 0.2) is 11.5 Å². The van der Waals surface area contributed by atoms with Crippen molar-refractivity contribution in [3.05, 3.63) is 70.1 Å². The number of carbonyl (C=O) groups excluding carboxylic acids is 1. The molecule has 0 atom stereocenters. The van der Waals surface area contributed by atoms with Crippen molar-refractivity contribution < 1.29 is 14.3 Å². The lowest BCUT2D eigenvalue weighted by molar-refractivity contribution is 0.0946. The maximum atomic E-state index is 12.3. The Kier molecular flexibility index (Phi) is 3.42. The van der Waals surface area contributed by atoms with Crippen molar-refractivity contribution in [2.45, 2.75) is 6.54 Å². The van der Waals surface area contributed by atoms with Gasteiger partial charge in [0, 0.05) is 11.9 Å². The van der Waals surface area contributed by atoms with E-state index in [0.29, 0.717) is 23.4 Å². The van der Waals surface area contributed by atoms with Crippen LogP contribution < -0.4 is 20.3 Å². The second-order valence-corrected chi connectivity index (χ2v) is 5.47. The molecule has 0 unspecified atom stereocenters. The van der Waals surface area contributed by atoms with Crippen LogP contribution in [0.2, 0.25) is 0 Å². The molecular formula is C18H14N2O4. The second-order valence-electron chi connectivity index (χ2n) is 5.47. The van der Waals surface area contributed by atoms with E-state index in [9.17, 15) is 9.59 Å². The molecule has 2 heterocycles. The Morgan fingerprint density at radius 3 is 2.83 bits per heavy atom. The summed E-state index contributed by atoms with van der Waals surface area (Å²) >= 11 is 0. The molecule has 1 amide bonds. The molecule has 0 aliphatic carbocycles. The first-order valence-corrected chi connectivity index (χ1v) is 7.49. The van der Waals surface area contributed by atoms with Crippen LogP contribution in [0.4, 0.5) is 0 Å². The fourth-order valence-corrected chi connectivity index (χ4v) is 2.66. The standard InChI is InChI=1S/C18H14N2O4/c21-17-13-4-2-1-3-12(13)8-14(20-17)18(22)19-9-11-5-6-15-16(7-11)24-10-23-15/h1-8H,9-10H2,(H,19,22)(H,20,21). The monoisotopic (exact) mass is 322 g/mol. The predicted octanol–water partition coefficient (Wildman–Crippen LogP) is 2.19. The van der Waals surface area contributed by atoms with E-state index in [-0.39, 0.29) is 24.0 Å². The molecule has 0 fully saturated rings. The molecule has 0 saturated carbocycles. The van der Waals surface area contributed by atoms with E-state index in [2.05, 4.69) is 10.3 Å². The van der Waals surface area contributed by atoms with Gasteiger partial charge in [-0.25, -0.2) is 0 Å². The first-order valence-electron chi connectivity index (χ1n) is 7.49. The van der Waals surface area contributed by atoms with E-state index in [1.807, 2.05) is 24.3 Å². The van der Waals surface area contributed by atoms with Crippen LogP contribution in [0.25, 0.3) is 10.8 Å². The fraction of sp³-hybridized carbons (Fsp3) is 0.111. The molecule has 24 heavy (non-hydrogen) atoms. The first-order chi connectivity index (χ1) is 11.7. The summed E-state index contributed by atoms with van der Waals surface area (Å²) in [5.41, 5.74) is 0.844. The van der Waals surface area contributed by atoms with Crippen molar-refractivity contribution in [3.8, 4) is 11.5 Å². The van der Waals surface area contributed by atoms with Crippen LogP contribution in [0.1, 0.15) is 16.1 Å². The van der Waals surface area contributed by atoms with E-state index >= 15 is 0 Å². The van der Waals surface area contributed by atoms with Gasteiger partial charge in [0.1, 0.15) is 5.69 Å². The van der Waals surface area contributed by atoms with Gasteiger partial charge in [-0.05, 0) is 35.2 Å². The maximum absolute atomic E-state index is 12.3. The van der Waals surface area contributed by atoms with Gasteiger partial charge in [-0.2, -0.15) is 0 Å². The van der Waals surface area contributed by atoms with Gasteiger partial charge in [-0.1, -0.05) is 24.3 Å². The Morgan fingerprint density at radius 1 is 1.08 bits per heavy atom.